The van der Waals surface area contributed by atoms with Gasteiger partial charge in [0.05, 0.1) is 11.6 Å². The summed E-state index contributed by atoms with van der Waals surface area (Å²) in [5, 5.41) is 2.71. The molecule has 4 nitrogen and oxygen atoms in total. The van der Waals surface area contributed by atoms with Crippen LogP contribution >= 0.6 is 0 Å². The maximum absolute atomic E-state index is 13.1. The van der Waals surface area contributed by atoms with Crippen molar-refractivity contribution in [2.45, 2.75) is 19.9 Å². The molecule has 2 aromatic rings. The molecule has 5 heteroatoms. The Balaban J connectivity index is 2.15. The molecule has 1 amide bonds. The Morgan fingerprint density at radius 2 is 2.11 bits per heavy atom. The summed E-state index contributed by atoms with van der Waals surface area (Å²) in [7, 11) is 0. The van der Waals surface area contributed by atoms with Crippen molar-refractivity contribution in [3.05, 3.63) is 53.2 Å². The van der Waals surface area contributed by atoms with Crippen LogP contribution < -0.4 is 11.1 Å². The fourth-order valence-corrected chi connectivity index (χ4v) is 1.76. The molecule has 0 spiro atoms. The van der Waals surface area contributed by atoms with Crippen molar-refractivity contribution in [3.8, 4) is 0 Å². The van der Waals surface area contributed by atoms with Gasteiger partial charge in [0.25, 0.3) is 5.91 Å². The Labute approximate surface area is 110 Å². The number of hydrogen-bond donors (Lipinski definition) is 2. The second-order valence-corrected chi connectivity index (χ2v) is 4.38. The van der Waals surface area contributed by atoms with Crippen molar-refractivity contribution in [3.63, 3.8) is 0 Å². The number of aryl methyl sites for hydroxylation is 1. The van der Waals surface area contributed by atoms with E-state index in [4.69, 9.17) is 10.2 Å². The van der Waals surface area contributed by atoms with Crippen molar-refractivity contribution in [2.24, 2.45) is 0 Å². The molecule has 1 unspecified atom stereocenters. The molecule has 19 heavy (non-hydrogen) atoms. The molecule has 1 atom stereocenters. The van der Waals surface area contributed by atoms with Gasteiger partial charge < -0.3 is 15.5 Å². The molecular weight excluding hydrogens is 247 g/mol. The number of nitrogens with one attached hydrogen (secondary N) is 1. The average Bonchev–Trinajstić information content (AvgIpc) is 2.79. The monoisotopic (exact) mass is 262 g/mol. The third kappa shape index (κ3) is 2.93. The molecule has 0 aliphatic heterocycles. The predicted molar refractivity (Wildman–Crippen MR) is 70.1 cm³/mol. The molecule has 1 heterocycles. The summed E-state index contributed by atoms with van der Waals surface area (Å²) in [5.41, 5.74) is 6.02. The first-order chi connectivity index (χ1) is 8.97. The smallest absolute Gasteiger partial charge is 0.254 e. The highest BCUT2D eigenvalue weighted by atomic mass is 19.1. The van der Waals surface area contributed by atoms with Crippen molar-refractivity contribution >= 4 is 11.6 Å². The van der Waals surface area contributed by atoms with Gasteiger partial charge in [0.1, 0.15) is 17.3 Å². The average molecular weight is 262 g/mol. The number of benzene rings is 1. The summed E-state index contributed by atoms with van der Waals surface area (Å²) in [4.78, 5) is 12.0. The Bertz CT molecular complexity index is 607. The molecule has 0 fully saturated rings. The number of carbonyl (C=O) groups is 1. The van der Waals surface area contributed by atoms with Crippen LogP contribution in [-0.2, 0) is 0 Å². The zero-order valence-electron chi connectivity index (χ0n) is 10.7. The number of hydrogen-bond acceptors (Lipinski definition) is 3. The summed E-state index contributed by atoms with van der Waals surface area (Å²) >= 11 is 0. The van der Waals surface area contributed by atoms with Crippen molar-refractivity contribution in [1.29, 1.82) is 0 Å². The number of furan rings is 1. The Hall–Kier alpha value is -2.30. The van der Waals surface area contributed by atoms with Gasteiger partial charge >= 0.3 is 0 Å². The quantitative estimate of drug-likeness (QED) is 0.836. The van der Waals surface area contributed by atoms with E-state index < -0.39 is 11.7 Å². The Kier molecular flexibility index (Phi) is 3.55. The first-order valence-electron chi connectivity index (χ1n) is 5.89. The highest BCUT2D eigenvalue weighted by Gasteiger charge is 2.16. The number of nitrogens with two attached hydrogens (primary N) is 1. The molecule has 0 bridgehead atoms. The fraction of sp³-hybridized carbons (Fsp3) is 0.214. The summed E-state index contributed by atoms with van der Waals surface area (Å²) in [6.45, 7) is 3.61. The van der Waals surface area contributed by atoms with Crippen molar-refractivity contribution < 1.29 is 13.6 Å². The molecule has 0 saturated carbocycles. The van der Waals surface area contributed by atoms with E-state index in [0.29, 0.717) is 5.76 Å². The van der Waals surface area contributed by atoms with Crippen LogP contribution in [0.4, 0.5) is 10.1 Å². The van der Waals surface area contributed by atoms with Gasteiger partial charge in [-0.05, 0) is 44.2 Å². The van der Waals surface area contributed by atoms with Gasteiger partial charge in [-0.25, -0.2) is 4.39 Å². The first-order valence-corrected chi connectivity index (χ1v) is 5.89. The lowest BCUT2D eigenvalue weighted by atomic mass is 10.1. The maximum atomic E-state index is 13.1. The molecule has 0 radical (unpaired) electrons. The number of rotatable bonds is 3. The standard InChI is InChI=1S/C14H15FN2O2/c1-8-3-6-13(19-8)9(2)17-14(18)11-7-10(15)4-5-12(11)16/h3-7,9H,16H2,1-2H3,(H,17,18). The molecule has 1 aromatic heterocycles. The normalized spacial score (nSPS) is 12.2. The first kappa shape index (κ1) is 13.1. The molecule has 1 aromatic carbocycles. The Morgan fingerprint density at radius 3 is 2.74 bits per heavy atom. The molecule has 2 rings (SSSR count). The van der Waals surface area contributed by atoms with Gasteiger partial charge in [-0.2, -0.15) is 0 Å². The highest BCUT2D eigenvalue weighted by molar-refractivity contribution is 5.99. The molecular formula is C14H15FN2O2. The van der Waals surface area contributed by atoms with Crippen LogP contribution in [0.2, 0.25) is 0 Å². The Morgan fingerprint density at radius 1 is 1.37 bits per heavy atom. The van der Waals surface area contributed by atoms with Crippen LogP contribution in [0.3, 0.4) is 0 Å². The van der Waals surface area contributed by atoms with Crippen molar-refractivity contribution in [2.75, 3.05) is 5.73 Å². The SMILES string of the molecule is Cc1ccc(C(C)NC(=O)c2cc(F)ccc2N)o1. The van der Waals surface area contributed by atoms with Gasteiger partial charge in [0.2, 0.25) is 0 Å². The van der Waals surface area contributed by atoms with E-state index in [9.17, 15) is 9.18 Å². The largest absolute Gasteiger partial charge is 0.464 e. The summed E-state index contributed by atoms with van der Waals surface area (Å²) in [5.74, 6) is 0.474. The highest BCUT2D eigenvalue weighted by Crippen LogP contribution is 2.18. The third-order valence-corrected chi connectivity index (χ3v) is 2.80. The number of carbonyl (C=O) groups excluding carboxylic acids is 1. The van der Waals surface area contributed by atoms with Gasteiger partial charge in [-0.1, -0.05) is 0 Å². The summed E-state index contributed by atoms with van der Waals surface area (Å²) < 4.78 is 18.5. The third-order valence-electron chi connectivity index (χ3n) is 2.80. The van der Waals surface area contributed by atoms with E-state index in [1.165, 1.54) is 12.1 Å². The molecule has 0 aliphatic carbocycles. The van der Waals surface area contributed by atoms with Crippen LogP contribution in [0.25, 0.3) is 0 Å². The van der Waals surface area contributed by atoms with Crippen molar-refractivity contribution in [1.82, 2.24) is 5.32 Å². The number of amides is 1. The number of nitrogen functional groups attached to an aromatic ring is 1. The van der Waals surface area contributed by atoms with E-state index in [-0.39, 0.29) is 17.3 Å². The van der Waals surface area contributed by atoms with Gasteiger partial charge in [0, 0.05) is 5.69 Å². The zero-order chi connectivity index (χ0) is 14.0. The van der Waals surface area contributed by atoms with Gasteiger partial charge in [-0.3, -0.25) is 4.79 Å². The predicted octanol–water partition coefficient (Wildman–Crippen LogP) is 2.80. The second-order valence-electron chi connectivity index (χ2n) is 4.38. The van der Waals surface area contributed by atoms with Crippen LogP contribution in [0, 0.1) is 12.7 Å². The van der Waals surface area contributed by atoms with E-state index in [2.05, 4.69) is 5.32 Å². The lowest BCUT2D eigenvalue weighted by Gasteiger charge is -2.12. The fourth-order valence-electron chi connectivity index (χ4n) is 1.76. The molecule has 0 saturated heterocycles. The lowest BCUT2D eigenvalue weighted by molar-refractivity contribution is 0.0935. The topological polar surface area (TPSA) is 68.3 Å². The van der Waals surface area contributed by atoms with E-state index in [1.54, 1.807) is 13.0 Å². The zero-order valence-corrected chi connectivity index (χ0v) is 10.7. The van der Waals surface area contributed by atoms with Crippen LogP contribution in [0.5, 0.6) is 0 Å². The minimum absolute atomic E-state index is 0.120. The second kappa shape index (κ2) is 5.14. The molecule has 100 valence electrons. The van der Waals surface area contributed by atoms with Crippen LogP contribution in [0.1, 0.15) is 34.8 Å². The van der Waals surface area contributed by atoms with Gasteiger partial charge in [0.15, 0.2) is 0 Å². The molecule has 0 aliphatic rings. The van der Waals surface area contributed by atoms with E-state index >= 15 is 0 Å². The minimum atomic E-state index is -0.499. The lowest BCUT2D eigenvalue weighted by Crippen LogP contribution is -2.27. The maximum Gasteiger partial charge on any atom is 0.254 e. The number of anilines is 1. The van der Waals surface area contributed by atoms with E-state index in [1.807, 2.05) is 13.0 Å². The minimum Gasteiger partial charge on any atom is -0.464 e. The number of halogens is 1. The summed E-state index contributed by atoms with van der Waals surface area (Å²) in [6, 6.07) is 6.98. The summed E-state index contributed by atoms with van der Waals surface area (Å²) in [6.07, 6.45) is 0. The van der Waals surface area contributed by atoms with Crippen LogP contribution in [0.15, 0.2) is 34.7 Å². The van der Waals surface area contributed by atoms with Gasteiger partial charge in [-0.15, -0.1) is 0 Å². The molecule has 3 N–H and O–H groups in total. The van der Waals surface area contributed by atoms with Crippen LogP contribution in [-0.4, -0.2) is 5.91 Å². The van der Waals surface area contributed by atoms with E-state index in [0.717, 1.165) is 11.8 Å².